The van der Waals surface area contributed by atoms with Crippen molar-refractivity contribution in [1.82, 2.24) is 0 Å². The van der Waals surface area contributed by atoms with Gasteiger partial charge in [0.25, 0.3) is 0 Å². The smallest absolute Gasteiger partial charge is 0.136 e. The maximum Gasteiger partial charge on any atom is 0.136 e. The summed E-state index contributed by atoms with van der Waals surface area (Å²) in [4.78, 5) is 4.39. The fourth-order valence-electron chi connectivity index (χ4n) is 3.39. The van der Waals surface area contributed by atoms with E-state index in [4.69, 9.17) is 5.26 Å². The van der Waals surface area contributed by atoms with Gasteiger partial charge >= 0.3 is 0 Å². The first-order valence-electron chi connectivity index (χ1n) is 7.81. The van der Waals surface area contributed by atoms with Gasteiger partial charge in [-0.1, -0.05) is 50.1 Å². The van der Waals surface area contributed by atoms with Gasteiger partial charge in [-0.05, 0) is 48.6 Å². The van der Waals surface area contributed by atoms with Crippen LogP contribution in [0.2, 0.25) is 0 Å². The molecule has 1 aromatic carbocycles. The third kappa shape index (κ3) is 3.71. The lowest BCUT2D eigenvalue weighted by Crippen LogP contribution is -2.13. The van der Waals surface area contributed by atoms with E-state index >= 15 is 0 Å². The molecule has 20 heavy (non-hydrogen) atoms. The van der Waals surface area contributed by atoms with Crippen LogP contribution in [0.1, 0.15) is 68.6 Å². The van der Waals surface area contributed by atoms with E-state index in [-0.39, 0.29) is 0 Å². The van der Waals surface area contributed by atoms with E-state index in [2.05, 4.69) is 30.5 Å². The first kappa shape index (κ1) is 15.3. The van der Waals surface area contributed by atoms with Gasteiger partial charge in [-0.15, -0.1) is 6.58 Å². The molecular formula is C18H26O2. The van der Waals surface area contributed by atoms with E-state index in [1.165, 1.54) is 44.1 Å². The van der Waals surface area contributed by atoms with Crippen LogP contribution in [0.4, 0.5) is 0 Å². The molecule has 1 fully saturated rings. The van der Waals surface area contributed by atoms with Gasteiger partial charge in [0.05, 0.1) is 0 Å². The summed E-state index contributed by atoms with van der Waals surface area (Å²) < 4.78 is 0. The summed E-state index contributed by atoms with van der Waals surface area (Å²) in [7, 11) is 0. The highest BCUT2D eigenvalue weighted by atomic mass is 17.1. The summed E-state index contributed by atoms with van der Waals surface area (Å²) in [5.74, 6) is 1.65. The molecule has 1 atom stereocenters. The Morgan fingerprint density at radius 3 is 2.40 bits per heavy atom. The zero-order chi connectivity index (χ0) is 14.4. The fraction of sp³-hybridized carbons (Fsp3) is 0.556. The predicted octanol–water partition coefficient (Wildman–Crippen LogP) is 5.48. The Balaban J connectivity index is 1.95. The fourth-order valence-corrected chi connectivity index (χ4v) is 3.39. The molecule has 2 rings (SSSR count). The summed E-state index contributed by atoms with van der Waals surface area (Å²) in [5.41, 5.74) is 2.37. The first-order valence-corrected chi connectivity index (χ1v) is 7.81. The zero-order valence-corrected chi connectivity index (χ0v) is 12.4. The second-order valence-corrected chi connectivity index (χ2v) is 5.93. The number of hydrogen-bond acceptors (Lipinski definition) is 2. The molecule has 0 aromatic heterocycles. The van der Waals surface area contributed by atoms with Crippen LogP contribution in [0, 0.1) is 5.92 Å². The standard InChI is InChI=1S/C18H26O2/c1-3-5-14-6-8-15(9-7-14)16-10-12-17(13-11-16)18(4-2)20-19/h4,10-15,18-19H,2-3,5-9H2,1H3. The highest BCUT2D eigenvalue weighted by Crippen LogP contribution is 2.37. The molecule has 0 saturated heterocycles. The Bertz CT molecular complexity index is 402. The number of rotatable bonds is 6. The predicted molar refractivity (Wildman–Crippen MR) is 82.7 cm³/mol. The van der Waals surface area contributed by atoms with E-state index < -0.39 is 6.10 Å². The minimum atomic E-state index is -0.427. The summed E-state index contributed by atoms with van der Waals surface area (Å²) in [6, 6.07) is 8.43. The number of hydrogen-bond donors (Lipinski definition) is 1. The zero-order valence-electron chi connectivity index (χ0n) is 12.4. The Hall–Kier alpha value is -1.12. The molecule has 0 spiro atoms. The molecule has 0 heterocycles. The van der Waals surface area contributed by atoms with Crippen molar-refractivity contribution in [2.75, 3.05) is 0 Å². The lowest BCUT2D eigenvalue weighted by molar-refractivity contribution is -0.268. The summed E-state index contributed by atoms with van der Waals surface area (Å²) >= 11 is 0. The van der Waals surface area contributed by atoms with Crippen molar-refractivity contribution >= 4 is 0 Å². The van der Waals surface area contributed by atoms with Crippen LogP contribution in [0.25, 0.3) is 0 Å². The Labute approximate surface area is 122 Å². The molecular weight excluding hydrogens is 248 g/mol. The number of benzene rings is 1. The average molecular weight is 274 g/mol. The van der Waals surface area contributed by atoms with Crippen LogP contribution < -0.4 is 0 Å². The average Bonchev–Trinajstić information content (AvgIpc) is 2.50. The van der Waals surface area contributed by atoms with E-state index in [0.29, 0.717) is 5.92 Å². The van der Waals surface area contributed by atoms with Crippen LogP contribution in [-0.2, 0) is 4.89 Å². The summed E-state index contributed by atoms with van der Waals surface area (Å²) in [5, 5.41) is 8.81. The normalized spacial score (nSPS) is 24.3. The molecule has 0 amide bonds. The van der Waals surface area contributed by atoms with E-state index in [9.17, 15) is 0 Å². The Morgan fingerprint density at radius 1 is 1.25 bits per heavy atom. The van der Waals surface area contributed by atoms with Gasteiger partial charge in [0, 0.05) is 0 Å². The molecule has 0 aliphatic heterocycles. The van der Waals surface area contributed by atoms with Crippen molar-refractivity contribution in [2.45, 2.75) is 57.5 Å². The molecule has 1 N–H and O–H groups in total. The minimum absolute atomic E-state index is 0.427. The van der Waals surface area contributed by atoms with Crippen LogP contribution in [-0.4, -0.2) is 5.26 Å². The highest BCUT2D eigenvalue weighted by Gasteiger charge is 2.21. The quantitative estimate of drug-likeness (QED) is 0.423. The summed E-state index contributed by atoms with van der Waals surface area (Å²) in [6.07, 6.45) is 9.24. The SMILES string of the molecule is C=CC(OO)c1ccc(C2CCC(CCC)CC2)cc1. The van der Waals surface area contributed by atoms with Gasteiger partial charge in [0.1, 0.15) is 6.10 Å². The third-order valence-electron chi connectivity index (χ3n) is 4.61. The largest absolute Gasteiger partial charge is 0.251 e. The van der Waals surface area contributed by atoms with Gasteiger partial charge in [-0.25, -0.2) is 4.89 Å². The summed E-state index contributed by atoms with van der Waals surface area (Å²) in [6.45, 7) is 5.94. The molecule has 1 aromatic rings. The van der Waals surface area contributed by atoms with Crippen molar-refractivity contribution in [2.24, 2.45) is 5.92 Å². The molecule has 0 radical (unpaired) electrons. The molecule has 1 saturated carbocycles. The molecule has 0 bridgehead atoms. The van der Waals surface area contributed by atoms with Crippen molar-refractivity contribution in [3.63, 3.8) is 0 Å². The Kier molecular flexibility index (Phi) is 5.81. The van der Waals surface area contributed by atoms with Gasteiger partial charge in [-0.3, -0.25) is 5.26 Å². The van der Waals surface area contributed by atoms with Crippen molar-refractivity contribution in [1.29, 1.82) is 0 Å². The Morgan fingerprint density at radius 2 is 1.90 bits per heavy atom. The molecule has 2 heteroatoms. The van der Waals surface area contributed by atoms with Crippen LogP contribution in [0.3, 0.4) is 0 Å². The molecule has 1 aliphatic rings. The molecule has 1 aliphatic carbocycles. The van der Waals surface area contributed by atoms with Gasteiger partial charge in [0.15, 0.2) is 0 Å². The topological polar surface area (TPSA) is 29.5 Å². The van der Waals surface area contributed by atoms with Crippen molar-refractivity contribution < 1.29 is 10.1 Å². The van der Waals surface area contributed by atoms with Gasteiger partial charge in [-0.2, -0.15) is 0 Å². The van der Waals surface area contributed by atoms with E-state index in [1.807, 2.05) is 12.1 Å². The third-order valence-corrected chi connectivity index (χ3v) is 4.61. The second kappa shape index (κ2) is 7.61. The van der Waals surface area contributed by atoms with Crippen LogP contribution >= 0.6 is 0 Å². The minimum Gasteiger partial charge on any atom is -0.251 e. The van der Waals surface area contributed by atoms with Gasteiger partial charge < -0.3 is 0 Å². The maximum absolute atomic E-state index is 8.81. The van der Waals surface area contributed by atoms with Crippen molar-refractivity contribution in [3.05, 3.63) is 48.0 Å². The lowest BCUT2D eigenvalue weighted by atomic mass is 9.77. The molecule has 110 valence electrons. The van der Waals surface area contributed by atoms with Crippen molar-refractivity contribution in [3.8, 4) is 0 Å². The first-order chi connectivity index (χ1) is 9.78. The molecule has 2 nitrogen and oxygen atoms in total. The monoisotopic (exact) mass is 274 g/mol. The van der Waals surface area contributed by atoms with Crippen LogP contribution in [0.15, 0.2) is 36.9 Å². The van der Waals surface area contributed by atoms with E-state index in [1.54, 1.807) is 6.08 Å². The lowest BCUT2D eigenvalue weighted by Gasteiger charge is -2.28. The van der Waals surface area contributed by atoms with Crippen LogP contribution in [0.5, 0.6) is 0 Å². The van der Waals surface area contributed by atoms with E-state index in [0.717, 1.165) is 11.5 Å². The second-order valence-electron chi connectivity index (χ2n) is 5.93. The maximum atomic E-state index is 8.81. The molecule has 1 unspecified atom stereocenters. The van der Waals surface area contributed by atoms with Gasteiger partial charge in [0.2, 0.25) is 0 Å². The highest BCUT2D eigenvalue weighted by molar-refractivity contribution is 5.28.